The van der Waals surface area contributed by atoms with E-state index in [1.807, 2.05) is 48.5 Å². The first-order valence-corrected chi connectivity index (χ1v) is 18.8. The van der Waals surface area contributed by atoms with Crippen LogP contribution in [0.15, 0.2) is 206 Å². The molecule has 0 radical (unpaired) electrons. The Morgan fingerprint density at radius 1 is 0.179 bits per heavy atom. The fourth-order valence-electron chi connectivity index (χ4n) is 7.37. The Labute approximate surface area is 325 Å². The van der Waals surface area contributed by atoms with E-state index < -0.39 is 0 Å². The summed E-state index contributed by atoms with van der Waals surface area (Å²) >= 11 is 0. The highest BCUT2D eigenvalue weighted by molar-refractivity contribution is 5.92. The minimum atomic E-state index is 0.830. The monoisotopic (exact) mass is 714 g/mol. The van der Waals surface area contributed by atoms with Gasteiger partial charge in [0.25, 0.3) is 0 Å². The van der Waals surface area contributed by atoms with Crippen LogP contribution in [0.4, 0.5) is 0 Å². The third-order valence-corrected chi connectivity index (χ3v) is 10.3. The largest absolute Gasteiger partial charge is 0.244 e. The maximum absolute atomic E-state index is 5.28. The van der Waals surface area contributed by atoms with Gasteiger partial charge in [-0.1, -0.05) is 182 Å². The second-order valence-electron chi connectivity index (χ2n) is 13.9. The van der Waals surface area contributed by atoms with Crippen LogP contribution >= 0.6 is 0 Å². The minimum Gasteiger partial charge on any atom is -0.244 e. The minimum absolute atomic E-state index is 0.830. The lowest BCUT2D eigenvalue weighted by atomic mass is 9.99. The summed E-state index contributed by atoms with van der Waals surface area (Å²) in [5.74, 6) is 0. The van der Waals surface area contributed by atoms with Gasteiger partial charge in [-0.3, -0.25) is 0 Å². The average molecular weight is 715 g/mol. The summed E-state index contributed by atoms with van der Waals surface area (Å²) in [6, 6.07) is 71.3. The molecule has 0 aliphatic rings. The lowest BCUT2D eigenvalue weighted by molar-refractivity contribution is 1.29. The molecule has 2 heterocycles. The van der Waals surface area contributed by atoms with Crippen molar-refractivity contribution in [3.63, 3.8) is 0 Å². The molecular formula is C52H34N4. The van der Waals surface area contributed by atoms with E-state index in [1.165, 1.54) is 22.3 Å². The molecule has 0 amide bonds. The fraction of sp³-hybridized carbons (Fsp3) is 0. The summed E-state index contributed by atoms with van der Waals surface area (Å²) in [4.78, 5) is 21.0. The smallest absolute Gasteiger partial charge is 0.0973 e. The van der Waals surface area contributed by atoms with Crippen molar-refractivity contribution in [3.8, 4) is 78.4 Å². The van der Waals surface area contributed by atoms with Gasteiger partial charge in [0.15, 0.2) is 0 Å². The van der Waals surface area contributed by atoms with E-state index in [4.69, 9.17) is 19.9 Å². The first kappa shape index (κ1) is 33.0. The van der Waals surface area contributed by atoms with E-state index in [-0.39, 0.29) is 0 Å². The summed E-state index contributed by atoms with van der Waals surface area (Å²) in [5.41, 5.74) is 17.6. The number of hydrogen-bond donors (Lipinski definition) is 0. The molecule has 0 saturated carbocycles. The highest BCUT2D eigenvalue weighted by Gasteiger charge is 2.17. The zero-order valence-corrected chi connectivity index (χ0v) is 30.4. The Morgan fingerprint density at radius 2 is 0.411 bits per heavy atom. The van der Waals surface area contributed by atoms with E-state index in [0.29, 0.717) is 0 Å². The maximum atomic E-state index is 5.28. The molecule has 0 aliphatic heterocycles. The summed E-state index contributed by atoms with van der Waals surface area (Å²) in [6.07, 6.45) is 0. The molecule has 0 atom stereocenters. The first-order chi connectivity index (χ1) is 27.7. The third kappa shape index (κ3) is 6.40. The van der Waals surface area contributed by atoms with Gasteiger partial charge in [0.2, 0.25) is 0 Å². The van der Waals surface area contributed by atoms with Crippen molar-refractivity contribution in [2.45, 2.75) is 0 Å². The summed E-state index contributed by atoms with van der Waals surface area (Å²) < 4.78 is 0. The summed E-state index contributed by atoms with van der Waals surface area (Å²) in [5, 5.41) is 0. The predicted octanol–water partition coefficient (Wildman–Crippen LogP) is 13.2. The van der Waals surface area contributed by atoms with Crippen LogP contribution < -0.4 is 0 Å². The van der Waals surface area contributed by atoms with E-state index in [9.17, 15) is 0 Å². The van der Waals surface area contributed by atoms with Crippen LogP contribution in [0.3, 0.4) is 0 Å². The highest BCUT2D eigenvalue weighted by atomic mass is 14.8. The van der Waals surface area contributed by atoms with E-state index in [1.54, 1.807) is 0 Å². The molecule has 262 valence electrons. The van der Waals surface area contributed by atoms with Crippen LogP contribution in [0.2, 0.25) is 0 Å². The molecule has 4 nitrogen and oxygen atoms in total. The normalized spacial score (nSPS) is 11.2. The average Bonchev–Trinajstić information content (AvgIpc) is 3.29. The molecule has 0 saturated heterocycles. The predicted molar refractivity (Wildman–Crippen MR) is 231 cm³/mol. The van der Waals surface area contributed by atoms with Gasteiger partial charge in [-0.05, 0) is 57.6 Å². The van der Waals surface area contributed by atoms with Gasteiger partial charge in [-0.15, -0.1) is 0 Å². The van der Waals surface area contributed by atoms with Crippen LogP contribution in [0, 0.1) is 0 Å². The number of nitrogens with zero attached hydrogens (tertiary/aromatic N) is 4. The van der Waals surface area contributed by atoms with Crippen molar-refractivity contribution in [1.29, 1.82) is 0 Å². The number of rotatable bonds is 7. The second kappa shape index (κ2) is 14.3. The maximum Gasteiger partial charge on any atom is 0.0973 e. The second-order valence-corrected chi connectivity index (χ2v) is 13.9. The Bertz CT molecular complexity index is 2760. The Morgan fingerprint density at radius 3 is 0.750 bits per heavy atom. The van der Waals surface area contributed by atoms with Crippen molar-refractivity contribution in [1.82, 2.24) is 19.9 Å². The summed E-state index contributed by atoms with van der Waals surface area (Å²) in [6.45, 7) is 0. The van der Waals surface area contributed by atoms with Gasteiger partial charge < -0.3 is 0 Å². The zero-order valence-electron chi connectivity index (χ0n) is 30.4. The molecule has 0 fully saturated rings. The molecule has 0 spiro atoms. The van der Waals surface area contributed by atoms with Crippen molar-refractivity contribution in [2.24, 2.45) is 0 Å². The van der Waals surface area contributed by atoms with Crippen molar-refractivity contribution in [3.05, 3.63) is 206 Å². The van der Waals surface area contributed by atoms with Crippen LogP contribution in [-0.4, -0.2) is 19.9 Å². The lowest BCUT2D eigenvalue weighted by Crippen LogP contribution is -1.97. The molecule has 0 aliphatic carbocycles. The number of aromatic nitrogens is 4. The SMILES string of the molecule is c1ccc(-c2ccc(-c3nc4ccc(-c5ccc6nc(-c7ccc(-c8ccccc8)cc7)c(-c7ccccc7)nc6c5)cc4nc3-c3ccccc3)cc2)cc1. The lowest BCUT2D eigenvalue weighted by Gasteiger charge is -2.13. The van der Waals surface area contributed by atoms with E-state index >= 15 is 0 Å². The standard InChI is InChI=1S/C52H34N4/c1-5-13-35(14-6-1)37-21-25-41(26-22-37)51-49(39-17-9-3-10-18-39)55-47-33-43(29-31-45(47)53-51)44-30-32-46-48(34-44)56-50(40-19-11-4-12-20-40)52(54-46)42-27-23-38(24-28-42)36-15-7-2-8-16-36/h1-34H. The van der Waals surface area contributed by atoms with Gasteiger partial charge in [0.05, 0.1) is 44.8 Å². The molecular weight excluding hydrogens is 681 g/mol. The highest BCUT2D eigenvalue weighted by Crippen LogP contribution is 2.36. The van der Waals surface area contributed by atoms with Gasteiger partial charge in [0, 0.05) is 22.3 Å². The molecule has 2 aromatic heterocycles. The molecule has 10 rings (SSSR count). The van der Waals surface area contributed by atoms with Gasteiger partial charge >= 0.3 is 0 Å². The number of hydrogen-bond acceptors (Lipinski definition) is 4. The van der Waals surface area contributed by atoms with Crippen LogP contribution in [0.5, 0.6) is 0 Å². The Hall–Kier alpha value is -7.56. The zero-order chi connectivity index (χ0) is 37.3. The van der Waals surface area contributed by atoms with Crippen LogP contribution in [0.25, 0.3) is 100 Å². The third-order valence-electron chi connectivity index (χ3n) is 10.3. The number of fused-ring (bicyclic) bond motifs is 2. The fourth-order valence-corrected chi connectivity index (χ4v) is 7.37. The van der Waals surface area contributed by atoms with Crippen molar-refractivity contribution < 1.29 is 0 Å². The summed E-state index contributed by atoms with van der Waals surface area (Å²) in [7, 11) is 0. The molecule has 8 aromatic carbocycles. The van der Waals surface area contributed by atoms with Crippen LogP contribution in [-0.2, 0) is 0 Å². The van der Waals surface area contributed by atoms with Crippen LogP contribution in [0.1, 0.15) is 0 Å². The topological polar surface area (TPSA) is 51.6 Å². The van der Waals surface area contributed by atoms with Gasteiger partial charge in [0.1, 0.15) is 0 Å². The molecule has 0 bridgehead atoms. The Kier molecular flexibility index (Phi) is 8.47. The molecule has 0 N–H and O–H groups in total. The quantitative estimate of drug-likeness (QED) is 0.165. The molecule has 10 aromatic rings. The Balaban J connectivity index is 1.05. The van der Waals surface area contributed by atoms with E-state index in [0.717, 1.165) is 78.2 Å². The van der Waals surface area contributed by atoms with Gasteiger partial charge in [-0.2, -0.15) is 0 Å². The van der Waals surface area contributed by atoms with Gasteiger partial charge in [-0.25, -0.2) is 19.9 Å². The first-order valence-electron chi connectivity index (χ1n) is 18.8. The molecule has 4 heteroatoms. The van der Waals surface area contributed by atoms with E-state index in [2.05, 4.69) is 158 Å². The van der Waals surface area contributed by atoms with Crippen molar-refractivity contribution in [2.75, 3.05) is 0 Å². The number of benzene rings is 8. The molecule has 0 unspecified atom stereocenters. The van der Waals surface area contributed by atoms with Crippen molar-refractivity contribution >= 4 is 22.1 Å². The molecule has 56 heavy (non-hydrogen) atoms.